The van der Waals surface area contributed by atoms with Crippen LogP contribution in [0.25, 0.3) is 98.7 Å². The minimum atomic E-state index is -0.0702. The summed E-state index contributed by atoms with van der Waals surface area (Å²) < 4.78 is 0. The molecule has 1 aliphatic carbocycles. The number of benzene rings is 10. The Labute approximate surface area is 322 Å². The lowest BCUT2D eigenvalue weighted by Crippen LogP contribution is -2.14. The third-order valence-corrected chi connectivity index (χ3v) is 12.2. The van der Waals surface area contributed by atoms with E-state index in [1.54, 1.807) is 0 Å². The molecule has 258 valence electrons. The van der Waals surface area contributed by atoms with Crippen LogP contribution in [-0.2, 0) is 5.41 Å². The molecule has 0 saturated carbocycles. The van der Waals surface area contributed by atoms with Crippen LogP contribution < -0.4 is 0 Å². The zero-order valence-electron chi connectivity index (χ0n) is 31.0. The first kappa shape index (κ1) is 31.7. The second-order valence-electron chi connectivity index (χ2n) is 15.6. The third kappa shape index (κ3) is 4.85. The molecule has 0 radical (unpaired) electrons. The molecule has 0 amide bonds. The summed E-state index contributed by atoms with van der Waals surface area (Å²) in [6.45, 7) is 4.75. The summed E-state index contributed by atoms with van der Waals surface area (Å²) in [5, 5.41) is 10.2. The fraction of sp³-hybridized carbons (Fsp3) is 0.0545. The van der Waals surface area contributed by atoms with Crippen LogP contribution in [0.3, 0.4) is 0 Å². The summed E-state index contributed by atoms with van der Waals surface area (Å²) in [5.41, 5.74) is 15.5. The monoisotopic (exact) mass is 698 g/mol. The molecular weight excluding hydrogens is 661 g/mol. The number of hydrogen-bond acceptors (Lipinski definition) is 0. The van der Waals surface area contributed by atoms with Gasteiger partial charge in [-0.25, -0.2) is 0 Å². The molecule has 0 unspecified atom stereocenters. The topological polar surface area (TPSA) is 0 Å². The number of hydrogen-bond donors (Lipinski definition) is 0. The molecule has 0 saturated heterocycles. The lowest BCUT2D eigenvalue weighted by atomic mass is 9.81. The van der Waals surface area contributed by atoms with Crippen LogP contribution in [0.2, 0.25) is 0 Å². The van der Waals surface area contributed by atoms with Crippen molar-refractivity contribution < 1.29 is 0 Å². The third-order valence-electron chi connectivity index (χ3n) is 12.2. The van der Waals surface area contributed by atoms with Crippen molar-refractivity contribution in [1.29, 1.82) is 0 Å². The van der Waals surface area contributed by atoms with Gasteiger partial charge >= 0.3 is 0 Å². The molecule has 0 spiro atoms. The molecule has 0 heteroatoms. The molecule has 0 bridgehead atoms. The zero-order valence-corrected chi connectivity index (χ0v) is 31.0. The van der Waals surface area contributed by atoms with Crippen LogP contribution in [0.1, 0.15) is 25.0 Å². The Kier molecular flexibility index (Phi) is 7.00. The molecule has 0 N–H and O–H groups in total. The SMILES string of the molecule is CC1(C)c2cccc(-c3ccc(-c4c5ccccc5c(-c5cccc(-c6ccc7ccccc7c6)c5)c5ccccc45)cc3)c2-c2c1ccc1ccccc21. The lowest BCUT2D eigenvalue weighted by molar-refractivity contribution is 0.661. The number of fused-ring (bicyclic) bond motifs is 8. The van der Waals surface area contributed by atoms with Crippen LogP contribution in [0, 0.1) is 0 Å². The fourth-order valence-corrected chi connectivity index (χ4v) is 9.58. The molecule has 1 aliphatic rings. The zero-order chi connectivity index (χ0) is 36.7. The van der Waals surface area contributed by atoms with Crippen LogP contribution in [0.5, 0.6) is 0 Å². The predicted molar refractivity (Wildman–Crippen MR) is 236 cm³/mol. The molecule has 0 nitrogen and oxygen atoms in total. The van der Waals surface area contributed by atoms with E-state index in [1.807, 2.05) is 0 Å². The smallest absolute Gasteiger partial charge is 0.0159 e. The molecule has 0 fully saturated rings. The van der Waals surface area contributed by atoms with Gasteiger partial charge in [-0.1, -0.05) is 196 Å². The fourth-order valence-electron chi connectivity index (χ4n) is 9.58. The average molecular weight is 699 g/mol. The Bertz CT molecular complexity index is 3100. The van der Waals surface area contributed by atoms with E-state index in [0.29, 0.717) is 0 Å². The van der Waals surface area contributed by atoms with Crippen molar-refractivity contribution in [1.82, 2.24) is 0 Å². The molecular formula is C55H38. The second-order valence-corrected chi connectivity index (χ2v) is 15.6. The maximum absolute atomic E-state index is 2.37. The van der Waals surface area contributed by atoms with Gasteiger partial charge < -0.3 is 0 Å². The van der Waals surface area contributed by atoms with E-state index in [4.69, 9.17) is 0 Å². The maximum atomic E-state index is 2.37. The van der Waals surface area contributed by atoms with Crippen LogP contribution in [0.15, 0.2) is 194 Å². The lowest BCUT2D eigenvalue weighted by Gasteiger charge is -2.22. The molecule has 11 rings (SSSR count). The van der Waals surface area contributed by atoms with Crippen LogP contribution >= 0.6 is 0 Å². The van der Waals surface area contributed by atoms with E-state index in [0.717, 1.165) is 0 Å². The van der Waals surface area contributed by atoms with Crippen molar-refractivity contribution in [2.45, 2.75) is 19.3 Å². The van der Waals surface area contributed by atoms with Gasteiger partial charge in [-0.05, 0) is 122 Å². The minimum Gasteiger partial charge on any atom is -0.0616 e. The summed E-state index contributed by atoms with van der Waals surface area (Å²) in [6.07, 6.45) is 0. The van der Waals surface area contributed by atoms with Crippen molar-refractivity contribution in [3.05, 3.63) is 205 Å². The van der Waals surface area contributed by atoms with Gasteiger partial charge in [0.2, 0.25) is 0 Å². The average Bonchev–Trinajstić information content (AvgIpc) is 3.49. The first-order valence-electron chi connectivity index (χ1n) is 19.3. The van der Waals surface area contributed by atoms with Gasteiger partial charge in [-0.3, -0.25) is 0 Å². The standard InChI is InChI=1S/C55H38/c1-55(2)49-24-12-23-44(53(49)54-43-18-6-5-14-36(43)31-32-50(54)55)37-26-28-38(29-27-37)51-45-19-7-9-21-47(45)52(48-22-10-8-20-46(48)51)42-17-11-16-40(34-42)41-30-25-35-13-3-4-15-39(35)33-41/h3-34H,1-2H3. The van der Waals surface area contributed by atoms with Gasteiger partial charge in [0, 0.05) is 5.41 Å². The van der Waals surface area contributed by atoms with Gasteiger partial charge in [0.1, 0.15) is 0 Å². The Morgan fingerprint density at radius 2 is 0.764 bits per heavy atom. The normalized spacial score (nSPS) is 13.1. The van der Waals surface area contributed by atoms with E-state index in [-0.39, 0.29) is 5.41 Å². The highest BCUT2D eigenvalue weighted by molar-refractivity contribution is 6.21. The molecule has 10 aromatic carbocycles. The molecule has 0 aliphatic heterocycles. The summed E-state index contributed by atoms with van der Waals surface area (Å²) >= 11 is 0. The second kappa shape index (κ2) is 12.1. The summed E-state index contributed by atoms with van der Waals surface area (Å²) in [7, 11) is 0. The Balaban J connectivity index is 1.07. The van der Waals surface area contributed by atoms with Crippen molar-refractivity contribution in [2.24, 2.45) is 0 Å². The van der Waals surface area contributed by atoms with Gasteiger partial charge in [0.25, 0.3) is 0 Å². The quantitative estimate of drug-likeness (QED) is 0.161. The van der Waals surface area contributed by atoms with Crippen molar-refractivity contribution in [2.75, 3.05) is 0 Å². The van der Waals surface area contributed by atoms with Crippen molar-refractivity contribution >= 4 is 43.1 Å². The van der Waals surface area contributed by atoms with Crippen LogP contribution in [-0.4, -0.2) is 0 Å². The molecule has 0 atom stereocenters. The largest absolute Gasteiger partial charge is 0.0616 e. The van der Waals surface area contributed by atoms with Crippen molar-refractivity contribution in [3.63, 3.8) is 0 Å². The van der Waals surface area contributed by atoms with E-state index in [9.17, 15) is 0 Å². The molecule has 0 aromatic heterocycles. The summed E-state index contributed by atoms with van der Waals surface area (Å²) in [5.74, 6) is 0. The Hall–Kier alpha value is -6.76. The van der Waals surface area contributed by atoms with Crippen LogP contribution in [0.4, 0.5) is 0 Å². The van der Waals surface area contributed by atoms with Gasteiger partial charge in [-0.2, -0.15) is 0 Å². The van der Waals surface area contributed by atoms with E-state index in [1.165, 1.54) is 110 Å². The Morgan fingerprint density at radius 3 is 1.47 bits per heavy atom. The molecule has 0 heterocycles. The first-order valence-corrected chi connectivity index (χ1v) is 19.3. The van der Waals surface area contributed by atoms with E-state index < -0.39 is 0 Å². The highest BCUT2D eigenvalue weighted by Gasteiger charge is 2.37. The minimum absolute atomic E-state index is 0.0702. The summed E-state index contributed by atoms with van der Waals surface area (Å²) in [6, 6.07) is 72.1. The molecule has 55 heavy (non-hydrogen) atoms. The van der Waals surface area contributed by atoms with Gasteiger partial charge in [0.15, 0.2) is 0 Å². The van der Waals surface area contributed by atoms with E-state index >= 15 is 0 Å². The first-order chi connectivity index (χ1) is 27.0. The highest BCUT2D eigenvalue weighted by atomic mass is 14.4. The van der Waals surface area contributed by atoms with E-state index in [2.05, 4.69) is 208 Å². The van der Waals surface area contributed by atoms with Gasteiger partial charge in [0.05, 0.1) is 0 Å². The maximum Gasteiger partial charge on any atom is 0.0159 e. The number of rotatable bonds is 4. The van der Waals surface area contributed by atoms with Crippen molar-refractivity contribution in [3.8, 4) is 55.6 Å². The summed E-state index contributed by atoms with van der Waals surface area (Å²) in [4.78, 5) is 0. The Morgan fingerprint density at radius 1 is 0.273 bits per heavy atom. The highest BCUT2D eigenvalue weighted by Crippen LogP contribution is 2.54. The van der Waals surface area contributed by atoms with Gasteiger partial charge in [-0.15, -0.1) is 0 Å². The molecule has 10 aromatic rings. The predicted octanol–water partition coefficient (Wildman–Crippen LogP) is 15.3.